The minimum absolute atomic E-state index is 0.0452. The molecule has 327 valence electrons. The molecule has 0 saturated carbocycles. The molecule has 1 aliphatic heterocycles. The minimum atomic E-state index is -0.0580. The molecule has 9 aromatic carbocycles. The van der Waals surface area contributed by atoms with E-state index in [2.05, 4.69) is 246 Å². The third kappa shape index (κ3) is 6.34. The number of aromatic nitrogens is 1. The van der Waals surface area contributed by atoms with Crippen molar-refractivity contribution in [3.63, 3.8) is 0 Å². The van der Waals surface area contributed by atoms with Gasteiger partial charge in [-0.05, 0) is 112 Å². The van der Waals surface area contributed by atoms with Crippen molar-refractivity contribution in [2.24, 2.45) is 0 Å². The fraction of sp³-hybridized carbons (Fsp3) is 0.129. The van der Waals surface area contributed by atoms with Crippen LogP contribution in [0.4, 0.5) is 28.4 Å². The third-order valence-electron chi connectivity index (χ3n) is 14.1. The fourth-order valence-electron chi connectivity index (χ4n) is 10.7. The molecule has 1 N–H and O–H groups in total. The molecule has 4 nitrogen and oxygen atoms in total. The van der Waals surface area contributed by atoms with Crippen LogP contribution in [0.15, 0.2) is 186 Å². The maximum Gasteiger partial charge on any atom is 0.198 e. The van der Waals surface area contributed by atoms with Gasteiger partial charge in [-0.15, -0.1) is 11.3 Å². The lowest BCUT2D eigenvalue weighted by Gasteiger charge is -2.29. The normalized spacial score (nSPS) is 12.7. The highest BCUT2D eigenvalue weighted by molar-refractivity contribution is 7.25. The second-order valence-corrected chi connectivity index (χ2v) is 21.6. The van der Waals surface area contributed by atoms with E-state index in [1.165, 1.54) is 53.1 Å². The molecule has 12 aromatic rings. The average Bonchev–Trinajstić information content (AvgIpc) is 4.02. The first-order valence-corrected chi connectivity index (χ1v) is 24.5. The molecule has 3 aromatic heterocycles. The molecule has 0 unspecified atom stereocenters. The van der Waals surface area contributed by atoms with Crippen molar-refractivity contribution in [1.82, 2.24) is 4.57 Å². The summed E-state index contributed by atoms with van der Waals surface area (Å²) in [6.07, 6.45) is 0. The van der Waals surface area contributed by atoms with Crippen LogP contribution in [0.5, 0.6) is 0 Å². The number of thiophene rings is 1. The number of hydrogen-bond acceptors (Lipinski definition) is 4. The minimum Gasteiger partial charge on any atom is -0.455 e. The third-order valence-corrected chi connectivity index (χ3v) is 15.2. The van der Waals surface area contributed by atoms with Crippen LogP contribution in [0, 0.1) is 0 Å². The van der Waals surface area contributed by atoms with Gasteiger partial charge in [-0.2, -0.15) is 0 Å². The zero-order valence-corrected chi connectivity index (χ0v) is 39.9. The van der Waals surface area contributed by atoms with Gasteiger partial charge in [0.1, 0.15) is 11.2 Å². The molecule has 6 heteroatoms. The number of rotatable bonds is 6. The standard InChI is InChI=1S/C62H49BN3OS/c1-61(2,3)37-25-28-39(29-26-37)64-49-35-45-43-21-14-16-24-53(43)68-54(45)36-46(49)57-58-59-55(56-44-22-13-15-23-52(44)67-60(56)57)47-33-38(62(4,5)6)27-32-50(47)66(59)51-34-42(30-31-48(51)63-58)65(40-17-9-7-10-18-40)41-19-11-8-12-20-41/h7-36,64H,1-6H3. The van der Waals surface area contributed by atoms with E-state index in [1.54, 1.807) is 0 Å². The van der Waals surface area contributed by atoms with E-state index in [1.807, 2.05) is 11.3 Å². The zero-order chi connectivity index (χ0) is 46.1. The van der Waals surface area contributed by atoms with Crippen LogP contribution in [0.25, 0.3) is 80.7 Å². The summed E-state index contributed by atoms with van der Waals surface area (Å²) < 4.78 is 12.3. The Hall–Kier alpha value is -7.54. The number of nitrogens with zero attached hydrogens (tertiary/aromatic N) is 2. The van der Waals surface area contributed by atoms with Gasteiger partial charge in [-0.25, -0.2) is 0 Å². The lowest BCUT2D eigenvalue weighted by atomic mass is 9.58. The van der Waals surface area contributed by atoms with Crippen molar-refractivity contribution in [2.75, 3.05) is 10.2 Å². The molecular formula is C62H49BN3OS. The van der Waals surface area contributed by atoms with Gasteiger partial charge in [-0.1, -0.05) is 144 Å². The van der Waals surface area contributed by atoms with Gasteiger partial charge in [-0.3, -0.25) is 0 Å². The highest BCUT2D eigenvalue weighted by Gasteiger charge is 2.33. The van der Waals surface area contributed by atoms with Gasteiger partial charge in [0, 0.05) is 92.5 Å². The van der Waals surface area contributed by atoms with Crippen molar-refractivity contribution >= 4 is 122 Å². The second-order valence-electron chi connectivity index (χ2n) is 20.5. The van der Waals surface area contributed by atoms with Crippen LogP contribution in [-0.2, 0) is 10.8 Å². The summed E-state index contributed by atoms with van der Waals surface area (Å²) in [7, 11) is 2.43. The van der Waals surface area contributed by atoms with Crippen LogP contribution in [0.2, 0.25) is 0 Å². The molecule has 1 aliphatic rings. The lowest BCUT2D eigenvalue weighted by Crippen LogP contribution is -2.37. The summed E-state index contributed by atoms with van der Waals surface area (Å²) in [4.78, 5) is 2.36. The SMILES string of the molecule is CC(C)(C)c1ccc(Nc2cc3c(cc2-c2c4c5c(c6cc(C(C)(C)C)ccc6n5-c5cc(N(c6ccccc6)c6ccccc6)ccc5[B]4)c4c2oc2ccccc24)sc2ccccc23)cc1. The number of hydrogen-bond donors (Lipinski definition) is 1. The topological polar surface area (TPSA) is 33.3 Å². The Labute approximate surface area is 401 Å². The molecule has 0 aliphatic carbocycles. The van der Waals surface area contributed by atoms with E-state index in [4.69, 9.17) is 4.42 Å². The molecule has 0 saturated heterocycles. The Bertz CT molecular complexity index is 3940. The number of furan rings is 1. The fourth-order valence-corrected chi connectivity index (χ4v) is 11.8. The highest BCUT2D eigenvalue weighted by atomic mass is 32.1. The van der Waals surface area contributed by atoms with E-state index in [0.29, 0.717) is 0 Å². The Morgan fingerprint density at radius 2 is 1.21 bits per heavy atom. The van der Waals surface area contributed by atoms with Crippen molar-refractivity contribution in [3.8, 4) is 16.8 Å². The molecule has 4 heterocycles. The van der Waals surface area contributed by atoms with Gasteiger partial charge in [0.2, 0.25) is 0 Å². The second kappa shape index (κ2) is 15.0. The molecule has 0 bridgehead atoms. The summed E-state index contributed by atoms with van der Waals surface area (Å²) in [5, 5.41) is 11.2. The summed E-state index contributed by atoms with van der Waals surface area (Å²) in [5.41, 5.74) is 17.7. The lowest BCUT2D eigenvalue weighted by molar-refractivity contribution is 0.590. The first kappa shape index (κ1) is 40.7. The van der Waals surface area contributed by atoms with Gasteiger partial charge in [0.05, 0.1) is 5.52 Å². The number of nitrogens with one attached hydrogen (secondary N) is 1. The van der Waals surface area contributed by atoms with Crippen molar-refractivity contribution in [1.29, 1.82) is 0 Å². The predicted octanol–water partition coefficient (Wildman–Crippen LogP) is 16.5. The average molecular weight is 895 g/mol. The summed E-state index contributed by atoms with van der Waals surface area (Å²) in [6.45, 7) is 13.7. The van der Waals surface area contributed by atoms with Crippen molar-refractivity contribution < 1.29 is 4.42 Å². The number of anilines is 5. The van der Waals surface area contributed by atoms with E-state index in [9.17, 15) is 0 Å². The quantitative estimate of drug-likeness (QED) is 0.169. The van der Waals surface area contributed by atoms with Gasteiger partial charge >= 0.3 is 0 Å². The van der Waals surface area contributed by atoms with Gasteiger partial charge in [0.25, 0.3) is 0 Å². The highest BCUT2D eigenvalue weighted by Crippen LogP contribution is 2.49. The zero-order valence-electron chi connectivity index (χ0n) is 39.1. The van der Waals surface area contributed by atoms with Crippen molar-refractivity contribution in [2.45, 2.75) is 52.4 Å². The van der Waals surface area contributed by atoms with Crippen LogP contribution in [0.3, 0.4) is 0 Å². The first-order chi connectivity index (χ1) is 33.0. The Balaban J connectivity index is 1.16. The number of fused-ring (bicyclic) bond motifs is 12. The Morgan fingerprint density at radius 3 is 1.93 bits per heavy atom. The maximum absolute atomic E-state index is 7.27. The molecule has 68 heavy (non-hydrogen) atoms. The maximum atomic E-state index is 7.27. The van der Waals surface area contributed by atoms with E-state index in [-0.39, 0.29) is 10.8 Å². The summed E-state index contributed by atoms with van der Waals surface area (Å²) in [6, 6.07) is 66.7. The predicted molar refractivity (Wildman–Crippen MR) is 293 cm³/mol. The Morgan fingerprint density at radius 1 is 0.544 bits per heavy atom. The monoisotopic (exact) mass is 894 g/mol. The van der Waals surface area contributed by atoms with Crippen LogP contribution >= 0.6 is 11.3 Å². The molecule has 1 radical (unpaired) electrons. The molecule has 0 fully saturated rings. The van der Waals surface area contributed by atoms with Crippen molar-refractivity contribution in [3.05, 3.63) is 193 Å². The van der Waals surface area contributed by atoms with Crippen LogP contribution in [-0.4, -0.2) is 11.8 Å². The molecule has 13 rings (SSSR count). The smallest absolute Gasteiger partial charge is 0.198 e. The van der Waals surface area contributed by atoms with Crippen LogP contribution in [0.1, 0.15) is 52.7 Å². The van der Waals surface area contributed by atoms with Gasteiger partial charge < -0.3 is 19.2 Å². The van der Waals surface area contributed by atoms with Gasteiger partial charge in [0.15, 0.2) is 7.28 Å². The molecule has 0 atom stereocenters. The molecule has 0 amide bonds. The molecular weight excluding hydrogens is 846 g/mol. The largest absolute Gasteiger partial charge is 0.455 e. The van der Waals surface area contributed by atoms with E-state index < -0.39 is 0 Å². The number of benzene rings is 9. The van der Waals surface area contributed by atoms with E-state index in [0.717, 1.165) is 78.1 Å². The summed E-state index contributed by atoms with van der Waals surface area (Å²) in [5.74, 6) is 0. The first-order valence-electron chi connectivity index (χ1n) is 23.7. The van der Waals surface area contributed by atoms with Crippen LogP contribution < -0.4 is 21.1 Å². The van der Waals surface area contributed by atoms with E-state index >= 15 is 0 Å². The summed E-state index contributed by atoms with van der Waals surface area (Å²) >= 11 is 1.85. The number of para-hydroxylation sites is 3. The molecule has 0 spiro atoms. The Kier molecular flexibility index (Phi) is 8.97.